The molecule has 0 aromatic heterocycles. The van der Waals surface area contributed by atoms with Gasteiger partial charge in [0.15, 0.2) is 18.1 Å². The maximum absolute atomic E-state index is 12.0. The summed E-state index contributed by atoms with van der Waals surface area (Å²) in [6, 6.07) is 10.6. The zero-order valence-electron chi connectivity index (χ0n) is 14.3. The number of primary amides is 1. The minimum atomic E-state index is -0.577. The Morgan fingerprint density at radius 3 is 2.58 bits per heavy atom. The van der Waals surface area contributed by atoms with Crippen LogP contribution in [0.15, 0.2) is 41.5 Å². The van der Waals surface area contributed by atoms with Gasteiger partial charge in [-0.25, -0.2) is 5.43 Å². The number of benzene rings is 2. The Kier molecular flexibility index (Phi) is 6.96. The first-order valence-corrected chi connectivity index (χ1v) is 8.67. The van der Waals surface area contributed by atoms with Gasteiger partial charge >= 0.3 is 0 Å². The Balaban J connectivity index is 2.09. The number of methoxy groups -OCH3 is 1. The van der Waals surface area contributed by atoms with Crippen molar-refractivity contribution in [2.24, 2.45) is 10.8 Å². The summed E-state index contributed by atoms with van der Waals surface area (Å²) in [6.07, 6.45) is 1.49. The first-order chi connectivity index (χ1) is 12.4. The number of aryl methyl sites for hydroxylation is 1. The highest BCUT2D eigenvalue weighted by atomic mass is 127. The van der Waals surface area contributed by atoms with Crippen LogP contribution in [0.3, 0.4) is 0 Å². The number of ether oxygens (including phenoxy) is 2. The van der Waals surface area contributed by atoms with Crippen molar-refractivity contribution in [1.82, 2.24) is 5.43 Å². The van der Waals surface area contributed by atoms with E-state index >= 15 is 0 Å². The van der Waals surface area contributed by atoms with Gasteiger partial charge in [-0.1, -0.05) is 17.7 Å². The molecule has 0 saturated carbocycles. The number of nitrogens with one attached hydrogen (secondary N) is 1. The summed E-state index contributed by atoms with van der Waals surface area (Å²) < 4.78 is 11.4. The van der Waals surface area contributed by atoms with E-state index < -0.39 is 5.91 Å². The zero-order chi connectivity index (χ0) is 19.1. The number of hydrogen-bond acceptors (Lipinski definition) is 5. The number of hydrazone groups is 1. The van der Waals surface area contributed by atoms with Crippen LogP contribution in [0.2, 0.25) is 0 Å². The lowest BCUT2D eigenvalue weighted by Crippen LogP contribution is -2.20. The first-order valence-electron chi connectivity index (χ1n) is 7.59. The van der Waals surface area contributed by atoms with E-state index in [2.05, 4.69) is 33.1 Å². The summed E-state index contributed by atoms with van der Waals surface area (Å²) in [5.74, 6) is -0.0196. The molecule has 2 amide bonds. The molecule has 0 bridgehead atoms. The van der Waals surface area contributed by atoms with Crippen molar-refractivity contribution >= 4 is 40.6 Å². The topological polar surface area (TPSA) is 103 Å². The van der Waals surface area contributed by atoms with E-state index in [-0.39, 0.29) is 12.5 Å². The van der Waals surface area contributed by atoms with Crippen molar-refractivity contribution in [3.8, 4) is 11.5 Å². The molecule has 2 aromatic rings. The molecule has 2 aromatic carbocycles. The van der Waals surface area contributed by atoms with Gasteiger partial charge in [0, 0.05) is 5.56 Å². The molecule has 3 N–H and O–H groups in total. The second kappa shape index (κ2) is 9.18. The summed E-state index contributed by atoms with van der Waals surface area (Å²) in [6.45, 7) is 1.71. The largest absolute Gasteiger partial charge is 0.493 e. The van der Waals surface area contributed by atoms with Gasteiger partial charge in [0.2, 0.25) is 0 Å². The van der Waals surface area contributed by atoms with Crippen LogP contribution in [0, 0.1) is 10.5 Å². The van der Waals surface area contributed by atoms with Gasteiger partial charge in [-0.2, -0.15) is 5.10 Å². The highest BCUT2D eigenvalue weighted by Gasteiger charge is 2.12. The Bertz CT molecular complexity index is 835. The normalized spacial score (nSPS) is 10.6. The minimum Gasteiger partial charge on any atom is -0.493 e. The minimum absolute atomic E-state index is 0.244. The van der Waals surface area contributed by atoms with E-state index in [1.165, 1.54) is 13.3 Å². The van der Waals surface area contributed by atoms with Crippen LogP contribution >= 0.6 is 22.6 Å². The quantitative estimate of drug-likeness (QED) is 0.371. The van der Waals surface area contributed by atoms with Crippen LogP contribution in [0.5, 0.6) is 11.5 Å². The number of amides is 2. The Morgan fingerprint density at radius 1 is 1.27 bits per heavy atom. The molecular weight excluding hydrogens is 449 g/mol. The van der Waals surface area contributed by atoms with Crippen LogP contribution < -0.4 is 20.6 Å². The molecule has 0 aliphatic heterocycles. The van der Waals surface area contributed by atoms with E-state index in [9.17, 15) is 9.59 Å². The molecule has 2 rings (SSSR count). The van der Waals surface area contributed by atoms with Crippen LogP contribution in [0.4, 0.5) is 0 Å². The van der Waals surface area contributed by atoms with Gasteiger partial charge in [0.05, 0.1) is 16.9 Å². The molecule has 0 aliphatic carbocycles. The smallest absolute Gasteiger partial charge is 0.271 e. The average molecular weight is 467 g/mol. The number of nitrogens with two attached hydrogens (primary N) is 1. The summed E-state index contributed by atoms with van der Waals surface area (Å²) in [7, 11) is 1.49. The highest BCUT2D eigenvalue weighted by molar-refractivity contribution is 14.1. The second-order valence-electron chi connectivity index (χ2n) is 5.35. The Morgan fingerprint density at radius 2 is 1.96 bits per heavy atom. The van der Waals surface area contributed by atoms with Crippen molar-refractivity contribution in [1.29, 1.82) is 0 Å². The molecule has 0 atom stereocenters. The van der Waals surface area contributed by atoms with E-state index in [0.717, 1.165) is 9.13 Å². The van der Waals surface area contributed by atoms with Crippen LogP contribution in [0.25, 0.3) is 0 Å². The summed E-state index contributed by atoms with van der Waals surface area (Å²) in [4.78, 5) is 22.9. The number of carbonyl (C=O) groups excluding carboxylic acids is 2. The van der Waals surface area contributed by atoms with E-state index in [4.69, 9.17) is 15.2 Å². The average Bonchev–Trinajstić information content (AvgIpc) is 2.60. The summed E-state index contributed by atoms with van der Waals surface area (Å²) in [5, 5.41) is 3.96. The third kappa shape index (κ3) is 5.45. The number of carbonyl (C=O) groups is 2. The standard InChI is InChI=1S/C18H18IN3O4/c1-11-3-5-13(6-4-11)18(24)22-21-9-12-7-14(19)17(15(8-12)25-2)26-10-16(20)23/h3-9H,10H2,1-2H3,(H2,20,23)(H,22,24)/b21-9+. The Hall–Kier alpha value is -2.62. The summed E-state index contributed by atoms with van der Waals surface area (Å²) >= 11 is 2.05. The van der Waals surface area contributed by atoms with Crippen LogP contribution in [-0.2, 0) is 4.79 Å². The van der Waals surface area contributed by atoms with E-state index in [1.807, 2.05) is 19.1 Å². The third-order valence-electron chi connectivity index (χ3n) is 3.30. The summed E-state index contributed by atoms with van der Waals surface area (Å²) in [5.41, 5.74) is 9.86. The zero-order valence-corrected chi connectivity index (χ0v) is 16.4. The molecule has 8 heteroatoms. The van der Waals surface area contributed by atoms with Gasteiger partial charge in [-0.05, 0) is 59.3 Å². The van der Waals surface area contributed by atoms with E-state index in [1.54, 1.807) is 24.3 Å². The van der Waals surface area contributed by atoms with Gasteiger partial charge in [0.1, 0.15) is 0 Å². The van der Waals surface area contributed by atoms with Gasteiger partial charge in [-0.15, -0.1) is 0 Å². The molecule has 7 nitrogen and oxygen atoms in total. The fraction of sp³-hybridized carbons (Fsp3) is 0.167. The first kappa shape index (κ1) is 19.7. The molecule has 136 valence electrons. The fourth-order valence-electron chi connectivity index (χ4n) is 2.03. The van der Waals surface area contributed by atoms with Gasteiger partial charge in [0.25, 0.3) is 11.8 Å². The third-order valence-corrected chi connectivity index (χ3v) is 4.11. The predicted octanol–water partition coefficient (Wildman–Crippen LogP) is 2.24. The lowest BCUT2D eigenvalue weighted by atomic mass is 10.1. The van der Waals surface area contributed by atoms with E-state index in [0.29, 0.717) is 22.6 Å². The molecule has 0 aliphatic rings. The SMILES string of the molecule is COc1cc(/C=N/NC(=O)c2ccc(C)cc2)cc(I)c1OCC(N)=O. The monoisotopic (exact) mass is 467 g/mol. The van der Waals surface area contributed by atoms with Gasteiger partial charge < -0.3 is 15.2 Å². The maximum atomic E-state index is 12.0. The number of hydrogen-bond donors (Lipinski definition) is 2. The molecule has 0 saturated heterocycles. The predicted molar refractivity (Wildman–Crippen MR) is 107 cm³/mol. The van der Waals surface area contributed by atoms with Crippen LogP contribution in [-0.4, -0.2) is 31.7 Å². The fourth-order valence-corrected chi connectivity index (χ4v) is 2.81. The molecule has 26 heavy (non-hydrogen) atoms. The maximum Gasteiger partial charge on any atom is 0.271 e. The molecular formula is C18H18IN3O4. The number of rotatable bonds is 7. The molecule has 0 radical (unpaired) electrons. The van der Waals surface area contributed by atoms with Gasteiger partial charge in [-0.3, -0.25) is 9.59 Å². The second-order valence-corrected chi connectivity index (χ2v) is 6.52. The lowest BCUT2D eigenvalue weighted by molar-refractivity contribution is -0.119. The molecule has 0 spiro atoms. The lowest BCUT2D eigenvalue weighted by Gasteiger charge is -2.12. The van der Waals surface area contributed by atoms with Crippen molar-refractivity contribution in [3.05, 3.63) is 56.7 Å². The van der Waals surface area contributed by atoms with Crippen molar-refractivity contribution < 1.29 is 19.1 Å². The number of nitrogens with zero attached hydrogens (tertiary/aromatic N) is 1. The highest BCUT2D eigenvalue weighted by Crippen LogP contribution is 2.33. The van der Waals surface area contributed by atoms with Crippen molar-refractivity contribution in [2.75, 3.05) is 13.7 Å². The molecule has 0 fully saturated rings. The van der Waals surface area contributed by atoms with Crippen molar-refractivity contribution in [2.45, 2.75) is 6.92 Å². The molecule has 0 heterocycles. The number of halogens is 1. The van der Waals surface area contributed by atoms with Crippen molar-refractivity contribution in [3.63, 3.8) is 0 Å². The van der Waals surface area contributed by atoms with Crippen LogP contribution in [0.1, 0.15) is 21.5 Å². The molecule has 0 unspecified atom stereocenters. The Labute approximate surface area is 164 Å².